The molecular weight excluding hydrogens is 505 g/mol. The Morgan fingerprint density at radius 2 is 1.85 bits per heavy atom. The second-order valence-corrected chi connectivity index (χ2v) is 9.80. The van der Waals surface area contributed by atoms with Crippen LogP contribution in [-0.4, -0.2) is 47.0 Å². The zero-order valence-electron chi connectivity index (χ0n) is 21.7. The number of hydrogen-bond donors (Lipinski definition) is 4. The van der Waals surface area contributed by atoms with Crippen LogP contribution in [0.3, 0.4) is 0 Å². The third kappa shape index (κ3) is 6.34. The van der Waals surface area contributed by atoms with Crippen LogP contribution in [0.2, 0.25) is 0 Å². The highest BCUT2D eigenvalue weighted by Gasteiger charge is 2.30. The Bertz CT molecular complexity index is 1460. The Kier molecular flexibility index (Phi) is 7.74. The van der Waals surface area contributed by atoms with Crippen LogP contribution in [0.25, 0.3) is 11.0 Å². The van der Waals surface area contributed by atoms with Gasteiger partial charge in [-0.05, 0) is 74.8 Å². The minimum atomic E-state index is -4.43. The molecule has 1 fully saturated rings. The molecule has 2 aromatic heterocycles. The number of pyridine rings is 1. The molecule has 0 bridgehead atoms. The maximum absolute atomic E-state index is 13.5. The summed E-state index contributed by atoms with van der Waals surface area (Å²) in [5, 5.41) is 10.3. The molecule has 0 spiro atoms. The number of carbonyl (C=O) groups excluding carboxylic acids is 1. The fourth-order valence-corrected chi connectivity index (χ4v) is 4.86. The molecule has 5 rings (SSSR count). The fourth-order valence-electron chi connectivity index (χ4n) is 4.86. The minimum Gasteiger partial charge on any atom is -0.382 e. The quantitative estimate of drug-likeness (QED) is 0.199. The SMILES string of the molecule is Cc1ccc(Nc2cccc(C(F)(F)F)c2)cc1NC(=O)c1cnc2[nH]ccc2c1NCCN1CCCCC1. The van der Waals surface area contributed by atoms with Gasteiger partial charge in [0.15, 0.2) is 0 Å². The first kappa shape index (κ1) is 26.6. The fraction of sp³-hybridized carbons (Fsp3) is 0.310. The van der Waals surface area contributed by atoms with Crippen molar-refractivity contribution in [3.8, 4) is 0 Å². The molecular formula is C29H31F3N6O. The number of amides is 1. The molecule has 2 aromatic carbocycles. The average molecular weight is 537 g/mol. The molecule has 1 saturated heterocycles. The largest absolute Gasteiger partial charge is 0.416 e. The molecule has 7 nitrogen and oxygen atoms in total. The van der Waals surface area contributed by atoms with Crippen LogP contribution in [0.15, 0.2) is 60.9 Å². The molecule has 1 amide bonds. The van der Waals surface area contributed by atoms with Gasteiger partial charge in [0.05, 0.1) is 16.8 Å². The number of H-pyrrole nitrogens is 1. The maximum atomic E-state index is 13.5. The van der Waals surface area contributed by atoms with Gasteiger partial charge < -0.3 is 25.8 Å². The molecule has 1 aliphatic heterocycles. The van der Waals surface area contributed by atoms with Gasteiger partial charge in [0.2, 0.25) is 0 Å². The molecule has 0 radical (unpaired) electrons. The van der Waals surface area contributed by atoms with E-state index in [1.807, 2.05) is 13.0 Å². The number of hydrogen-bond acceptors (Lipinski definition) is 5. The lowest BCUT2D eigenvalue weighted by Crippen LogP contribution is -2.34. The number of nitrogens with zero attached hydrogens (tertiary/aromatic N) is 2. The average Bonchev–Trinajstić information content (AvgIpc) is 3.40. The van der Waals surface area contributed by atoms with E-state index in [2.05, 4.69) is 30.8 Å². The van der Waals surface area contributed by atoms with E-state index in [0.717, 1.165) is 42.7 Å². The number of alkyl halides is 3. The van der Waals surface area contributed by atoms with E-state index in [0.29, 0.717) is 40.5 Å². The molecule has 0 saturated carbocycles. The van der Waals surface area contributed by atoms with Gasteiger partial charge in [0, 0.05) is 47.9 Å². The van der Waals surface area contributed by atoms with Crippen LogP contribution in [0.1, 0.15) is 40.7 Å². The normalized spacial score (nSPS) is 14.4. The number of carbonyl (C=O) groups is 1. The summed E-state index contributed by atoms with van der Waals surface area (Å²) in [6, 6.07) is 12.2. The smallest absolute Gasteiger partial charge is 0.382 e. The Labute approximate surface area is 224 Å². The number of halogens is 3. The number of aryl methyl sites for hydroxylation is 1. The molecule has 10 heteroatoms. The summed E-state index contributed by atoms with van der Waals surface area (Å²) in [7, 11) is 0. The lowest BCUT2D eigenvalue weighted by atomic mass is 10.1. The van der Waals surface area contributed by atoms with Crippen molar-refractivity contribution in [3.63, 3.8) is 0 Å². The van der Waals surface area contributed by atoms with Gasteiger partial charge in [-0.3, -0.25) is 4.79 Å². The van der Waals surface area contributed by atoms with Crippen molar-refractivity contribution in [2.24, 2.45) is 0 Å². The first-order chi connectivity index (χ1) is 18.8. The minimum absolute atomic E-state index is 0.299. The number of aromatic amines is 1. The third-order valence-electron chi connectivity index (χ3n) is 6.97. The molecule has 39 heavy (non-hydrogen) atoms. The van der Waals surface area contributed by atoms with Gasteiger partial charge in [-0.25, -0.2) is 4.98 Å². The predicted octanol–water partition coefficient (Wildman–Crippen LogP) is 6.78. The predicted molar refractivity (Wildman–Crippen MR) is 149 cm³/mol. The van der Waals surface area contributed by atoms with Crippen molar-refractivity contribution in [1.82, 2.24) is 14.9 Å². The number of aromatic nitrogens is 2. The highest BCUT2D eigenvalue weighted by molar-refractivity contribution is 6.12. The summed E-state index contributed by atoms with van der Waals surface area (Å²) in [4.78, 5) is 23.4. The standard InChI is InChI=1S/C29H31F3N6O/c1-19-8-9-22(36-21-7-5-6-20(16-21)29(30,31)32)17-25(19)37-28(39)24-18-35-27-23(10-11-34-27)26(24)33-12-15-38-13-3-2-4-14-38/h5-11,16-18,36H,2-4,12-15H2,1H3,(H,37,39)(H2,33,34,35). The van der Waals surface area contributed by atoms with Crippen LogP contribution in [-0.2, 0) is 6.18 Å². The number of nitrogens with one attached hydrogen (secondary N) is 4. The number of anilines is 4. The number of fused-ring (bicyclic) bond motifs is 1. The van der Waals surface area contributed by atoms with E-state index < -0.39 is 11.7 Å². The van der Waals surface area contributed by atoms with Gasteiger partial charge in [-0.1, -0.05) is 18.6 Å². The van der Waals surface area contributed by atoms with Crippen molar-refractivity contribution in [2.75, 3.05) is 42.1 Å². The van der Waals surface area contributed by atoms with E-state index in [9.17, 15) is 18.0 Å². The van der Waals surface area contributed by atoms with Crippen molar-refractivity contribution < 1.29 is 18.0 Å². The molecule has 1 aliphatic rings. The van der Waals surface area contributed by atoms with Crippen LogP contribution in [0, 0.1) is 6.92 Å². The molecule has 0 atom stereocenters. The highest BCUT2D eigenvalue weighted by Crippen LogP contribution is 2.32. The highest BCUT2D eigenvalue weighted by atomic mass is 19.4. The second kappa shape index (κ2) is 11.4. The Hall–Kier alpha value is -4.05. The number of piperidine rings is 1. The number of benzene rings is 2. The molecule has 204 valence electrons. The van der Waals surface area contributed by atoms with Gasteiger partial charge >= 0.3 is 6.18 Å². The maximum Gasteiger partial charge on any atom is 0.416 e. The molecule has 4 aromatic rings. The van der Waals surface area contributed by atoms with Gasteiger partial charge in [0.25, 0.3) is 5.91 Å². The second-order valence-electron chi connectivity index (χ2n) is 9.80. The lowest BCUT2D eigenvalue weighted by Gasteiger charge is -2.26. The van der Waals surface area contributed by atoms with E-state index >= 15 is 0 Å². The summed E-state index contributed by atoms with van der Waals surface area (Å²) in [6.07, 6.45) is 2.62. The summed E-state index contributed by atoms with van der Waals surface area (Å²) < 4.78 is 39.4. The monoisotopic (exact) mass is 536 g/mol. The van der Waals surface area contributed by atoms with E-state index in [1.54, 1.807) is 36.7 Å². The summed E-state index contributed by atoms with van der Waals surface area (Å²) in [6.45, 7) is 5.62. The van der Waals surface area contributed by atoms with Crippen molar-refractivity contribution in [3.05, 3.63) is 77.6 Å². The van der Waals surface area contributed by atoms with Crippen LogP contribution >= 0.6 is 0 Å². The molecule has 0 unspecified atom stereocenters. The Morgan fingerprint density at radius 1 is 1.05 bits per heavy atom. The van der Waals surface area contributed by atoms with Gasteiger partial charge in [-0.2, -0.15) is 13.2 Å². The van der Waals surface area contributed by atoms with Gasteiger partial charge in [-0.15, -0.1) is 0 Å². The van der Waals surface area contributed by atoms with Gasteiger partial charge in [0.1, 0.15) is 5.65 Å². The van der Waals surface area contributed by atoms with Crippen LogP contribution in [0.5, 0.6) is 0 Å². The molecule has 4 N–H and O–H groups in total. The number of likely N-dealkylation sites (tertiary alicyclic amines) is 1. The van der Waals surface area contributed by atoms with E-state index in [-0.39, 0.29) is 5.91 Å². The Balaban J connectivity index is 1.34. The molecule has 0 aliphatic carbocycles. The third-order valence-corrected chi connectivity index (χ3v) is 6.97. The lowest BCUT2D eigenvalue weighted by molar-refractivity contribution is -0.137. The van der Waals surface area contributed by atoms with Crippen molar-refractivity contribution >= 4 is 39.7 Å². The van der Waals surface area contributed by atoms with Crippen LogP contribution < -0.4 is 16.0 Å². The summed E-state index contributed by atoms with van der Waals surface area (Å²) in [5.41, 5.74) is 3.29. The zero-order chi connectivity index (χ0) is 27.4. The number of rotatable bonds is 8. The van der Waals surface area contributed by atoms with Crippen LogP contribution in [0.4, 0.5) is 35.9 Å². The summed E-state index contributed by atoms with van der Waals surface area (Å²) in [5.74, 6) is -0.328. The van der Waals surface area contributed by atoms with E-state index in [4.69, 9.17) is 0 Å². The van der Waals surface area contributed by atoms with Crippen molar-refractivity contribution in [1.29, 1.82) is 0 Å². The first-order valence-corrected chi connectivity index (χ1v) is 13.1. The zero-order valence-corrected chi connectivity index (χ0v) is 21.7. The Morgan fingerprint density at radius 3 is 2.64 bits per heavy atom. The first-order valence-electron chi connectivity index (χ1n) is 13.1. The van der Waals surface area contributed by atoms with E-state index in [1.165, 1.54) is 25.3 Å². The molecule has 3 heterocycles. The van der Waals surface area contributed by atoms with Crippen molar-refractivity contribution in [2.45, 2.75) is 32.4 Å². The summed E-state index contributed by atoms with van der Waals surface area (Å²) >= 11 is 0. The topological polar surface area (TPSA) is 85.1 Å².